The van der Waals surface area contributed by atoms with E-state index in [4.69, 9.17) is 11.6 Å². The molecule has 29 heavy (non-hydrogen) atoms. The van der Waals surface area contributed by atoms with Crippen LogP contribution in [-0.2, 0) is 11.3 Å². The minimum atomic E-state index is -0.502. The van der Waals surface area contributed by atoms with Crippen molar-refractivity contribution in [1.82, 2.24) is 19.6 Å². The summed E-state index contributed by atoms with van der Waals surface area (Å²) in [5.74, 6) is -0.974. The topological polar surface area (TPSA) is 81.8 Å². The maximum atomic E-state index is 13.3. The highest BCUT2D eigenvalue weighted by Crippen LogP contribution is 2.19. The highest BCUT2D eigenvalue weighted by atomic mass is 35.5. The molecule has 2 aromatic heterocycles. The predicted molar refractivity (Wildman–Crippen MR) is 108 cm³/mol. The van der Waals surface area contributed by atoms with E-state index in [1.807, 2.05) is 0 Å². The Kier molecular flexibility index (Phi) is 4.85. The molecule has 0 saturated carbocycles. The Morgan fingerprint density at radius 1 is 1.21 bits per heavy atom. The second kappa shape index (κ2) is 7.48. The zero-order valence-electron chi connectivity index (χ0n) is 15.3. The van der Waals surface area contributed by atoms with Gasteiger partial charge in [0.25, 0.3) is 5.56 Å². The van der Waals surface area contributed by atoms with E-state index in [1.54, 1.807) is 43.5 Å². The van der Waals surface area contributed by atoms with Crippen LogP contribution in [0, 0.1) is 12.7 Å². The van der Waals surface area contributed by atoms with Crippen molar-refractivity contribution in [3.8, 4) is 5.69 Å². The Labute approximate surface area is 169 Å². The van der Waals surface area contributed by atoms with Crippen LogP contribution in [0.25, 0.3) is 16.6 Å². The molecule has 4 rings (SSSR count). The summed E-state index contributed by atoms with van der Waals surface area (Å²) in [7, 11) is 0. The molecule has 9 heteroatoms. The number of aryl methyl sites for hydroxylation is 1. The molecule has 7 nitrogen and oxygen atoms in total. The van der Waals surface area contributed by atoms with Crippen LogP contribution >= 0.6 is 11.6 Å². The summed E-state index contributed by atoms with van der Waals surface area (Å²) < 4.78 is 15.8. The maximum absolute atomic E-state index is 13.3. The first-order valence-corrected chi connectivity index (χ1v) is 9.07. The summed E-state index contributed by atoms with van der Waals surface area (Å²) in [4.78, 5) is 25.4. The lowest BCUT2D eigenvalue weighted by molar-refractivity contribution is -0.117. The number of amides is 1. The lowest BCUT2D eigenvalue weighted by atomic mass is 10.2. The molecule has 0 aliphatic heterocycles. The van der Waals surface area contributed by atoms with Crippen LogP contribution in [0.5, 0.6) is 0 Å². The second-order valence-corrected chi connectivity index (χ2v) is 6.84. The highest BCUT2D eigenvalue weighted by molar-refractivity contribution is 6.30. The maximum Gasteiger partial charge on any atom is 0.293 e. The average molecular weight is 412 g/mol. The van der Waals surface area contributed by atoms with E-state index in [1.165, 1.54) is 22.9 Å². The third-order valence-electron chi connectivity index (χ3n) is 4.32. The number of nitrogens with one attached hydrogen (secondary N) is 1. The monoisotopic (exact) mass is 411 g/mol. The summed E-state index contributed by atoms with van der Waals surface area (Å²) in [5, 5.41) is 12.1. The van der Waals surface area contributed by atoms with Gasteiger partial charge >= 0.3 is 0 Å². The molecule has 0 aliphatic carbocycles. The number of halogens is 2. The van der Waals surface area contributed by atoms with E-state index in [9.17, 15) is 14.0 Å². The number of carbonyl (C=O) groups excluding carboxylic acids is 1. The minimum Gasteiger partial charge on any atom is -0.324 e. The zero-order chi connectivity index (χ0) is 20.5. The molecule has 0 atom stereocenters. The lowest BCUT2D eigenvalue weighted by Crippen LogP contribution is -2.31. The van der Waals surface area contributed by atoms with Gasteiger partial charge in [0.1, 0.15) is 17.9 Å². The standard InChI is InChI=1S/C20H15ClFN5O2/c1-12-17-10-23-27(16-7-2-4-13(21)8-16)19(17)20(29)26(25-12)11-18(28)24-15-6-3-5-14(22)9-15/h2-10H,11H2,1H3,(H,24,28). The molecule has 0 spiro atoms. The molecule has 2 heterocycles. The van der Waals surface area contributed by atoms with E-state index in [0.29, 0.717) is 33.0 Å². The first-order valence-electron chi connectivity index (χ1n) is 8.69. The van der Waals surface area contributed by atoms with Crippen LogP contribution in [0.2, 0.25) is 5.02 Å². The van der Waals surface area contributed by atoms with E-state index in [-0.39, 0.29) is 6.54 Å². The average Bonchev–Trinajstić information content (AvgIpc) is 3.12. The normalized spacial score (nSPS) is 11.0. The van der Waals surface area contributed by atoms with E-state index >= 15 is 0 Å². The Morgan fingerprint density at radius 2 is 2.00 bits per heavy atom. The molecule has 1 amide bonds. The number of aromatic nitrogens is 4. The van der Waals surface area contributed by atoms with Crippen LogP contribution in [0.4, 0.5) is 10.1 Å². The van der Waals surface area contributed by atoms with Gasteiger partial charge in [-0.25, -0.2) is 13.8 Å². The smallest absolute Gasteiger partial charge is 0.293 e. The largest absolute Gasteiger partial charge is 0.324 e. The van der Waals surface area contributed by atoms with E-state index < -0.39 is 17.3 Å². The van der Waals surface area contributed by atoms with Crippen LogP contribution < -0.4 is 10.9 Å². The number of anilines is 1. The summed E-state index contributed by atoms with van der Waals surface area (Å²) in [6.45, 7) is 1.40. The molecule has 0 bridgehead atoms. The molecular weight excluding hydrogens is 397 g/mol. The zero-order valence-corrected chi connectivity index (χ0v) is 16.0. The van der Waals surface area contributed by atoms with Crippen molar-refractivity contribution in [2.24, 2.45) is 0 Å². The molecule has 2 aromatic carbocycles. The molecule has 0 saturated heterocycles. The quantitative estimate of drug-likeness (QED) is 0.558. The first kappa shape index (κ1) is 18.8. The molecule has 0 radical (unpaired) electrons. The molecule has 1 N–H and O–H groups in total. The van der Waals surface area contributed by atoms with E-state index in [0.717, 1.165) is 4.68 Å². The number of rotatable bonds is 4. The summed E-state index contributed by atoms with van der Waals surface area (Å²) in [6, 6.07) is 12.4. The van der Waals surface area contributed by atoms with Gasteiger partial charge in [0, 0.05) is 16.1 Å². The fourth-order valence-corrected chi connectivity index (χ4v) is 3.22. The van der Waals surface area contributed by atoms with Gasteiger partial charge in [-0.05, 0) is 43.3 Å². The van der Waals surface area contributed by atoms with Gasteiger partial charge in [-0.1, -0.05) is 23.7 Å². The van der Waals surface area contributed by atoms with Crippen LogP contribution in [0.15, 0.2) is 59.5 Å². The van der Waals surface area contributed by atoms with Gasteiger partial charge in [-0.2, -0.15) is 10.2 Å². The lowest BCUT2D eigenvalue weighted by Gasteiger charge is -2.09. The predicted octanol–water partition coefficient (Wildman–Crippen LogP) is 3.32. The third-order valence-corrected chi connectivity index (χ3v) is 4.56. The second-order valence-electron chi connectivity index (χ2n) is 6.41. The van der Waals surface area contributed by atoms with Crippen LogP contribution in [0.1, 0.15) is 5.69 Å². The summed E-state index contributed by atoms with van der Waals surface area (Å²) in [6.07, 6.45) is 1.55. The number of carbonyl (C=O) groups is 1. The summed E-state index contributed by atoms with van der Waals surface area (Å²) >= 11 is 6.06. The Morgan fingerprint density at radius 3 is 2.76 bits per heavy atom. The van der Waals surface area contributed by atoms with Gasteiger partial charge in [0.05, 0.1) is 17.6 Å². The number of hydrogen-bond acceptors (Lipinski definition) is 4. The van der Waals surface area contributed by atoms with Crippen molar-refractivity contribution < 1.29 is 9.18 Å². The van der Waals surface area contributed by atoms with Crippen molar-refractivity contribution in [3.05, 3.63) is 81.6 Å². The highest BCUT2D eigenvalue weighted by Gasteiger charge is 2.17. The number of hydrogen-bond donors (Lipinski definition) is 1. The fraction of sp³-hybridized carbons (Fsp3) is 0.100. The van der Waals surface area contributed by atoms with E-state index in [2.05, 4.69) is 15.5 Å². The molecular formula is C20H15ClFN5O2. The Hall–Kier alpha value is -3.52. The van der Waals surface area contributed by atoms with Crippen molar-refractivity contribution in [2.45, 2.75) is 13.5 Å². The van der Waals surface area contributed by atoms with Crippen molar-refractivity contribution in [2.75, 3.05) is 5.32 Å². The van der Waals surface area contributed by atoms with Gasteiger partial charge in [-0.15, -0.1) is 0 Å². The van der Waals surface area contributed by atoms with Crippen molar-refractivity contribution >= 4 is 34.1 Å². The number of benzene rings is 2. The summed E-state index contributed by atoms with van der Waals surface area (Å²) in [5.41, 5.74) is 1.28. The Balaban J connectivity index is 1.72. The number of nitrogens with zero attached hydrogens (tertiary/aromatic N) is 4. The fourth-order valence-electron chi connectivity index (χ4n) is 3.04. The molecule has 0 aliphatic rings. The SMILES string of the molecule is Cc1nn(CC(=O)Nc2cccc(F)c2)c(=O)c2c1cnn2-c1cccc(Cl)c1. The van der Waals surface area contributed by atoms with Crippen LogP contribution in [0.3, 0.4) is 0 Å². The molecule has 0 fully saturated rings. The minimum absolute atomic E-state index is 0.290. The van der Waals surface area contributed by atoms with Gasteiger partial charge < -0.3 is 5.32 Å². The molecule has 146 valence electrons. The molecule has 0 unspecified atom stereocenters. The van der Waals surface area contributed by atoms with Gasteiger partial charge in [0.2, 0.25) is 5.91 Å². The first-order chi connectivity index (χ1) is 13.9. The van der Waals surface area contributed by atoms with Crippen LogP contribution in [-0.4, -0.2) is 25.5 Å². The number of fused-ring (bicyclic) bond motifs is 1. The van der Waals surface area contributed by atoms with Crippen molar-refractivity contribution in [3.63, 3.8) is 0 Å². The third kappa shape index (κ3) is 3.74. The molecule has 4 aromatic rings. The van der Waals surface area contributed by atoms with Gasteiger partial charge in [0.15, 0.2) is 0 Å². The van der Waals surface area contributed by atoms with Crippen molar-refractivity contribution in [1.29, 1.82) is 0 Å². The van der Waals surface area contributed by atoms with Gasteiger partial charge in [-0.3, -0.25) is 9.59 Å². The Bertz CT molecular complexity index is 1300.